The highest BCUT2D eigenvalue weighted by Gasteiger charge is 2.34. The van der Waals surface area contributed by atoms with E-state index in [1.807, 2.05) is 51.1 Å². The molecule has 0 unspecified atom stereocenters. The summed E-state index contributed by atoms with van der Waals surface area (Å²) in [5, 5.41) is 20.0. The van der Waals surface area contributed by atoms with E-state index >= 15 is 0 Å². The lowest BCUT2D eigenvalue weighted by Gasteiger charge is -2.29. The first kappa shape index (κ1) is 18.4. The van der Waals surface area contributed by atoms with E-state index in [1.165, 1.54) is 6.20 Å². The Balaban J connectivity index is 1.79. The summed E-state index contributed by atoms with van der Waals surface area (Å²) in [5.74, 6) is 0.345. The van der Waals surface area contributed by atoms with Crippen molar-refractivity contribution in [1.82, 2.24) is 14.8 Å². The Morgan fingerprint density at radius 1 is 1.24 bits per heavy atom. The summed E-state index contributed by atoms with van der Waals surface area (Å²) in [4.78, 5) is 17.6. The second-order valence-corrected chi connectivity index (χ2v) is 7.09. The number of benzene rings is 1. The molecule has 1 aliphatic rings. The van der Waals surface area contributed by atoms with Gasteiger partial charge in [0, 0.05) is 23.8 Å². The van der Waals surface area contributed by atoms with E-state index in [-0.39, 0.29) is 5.91 Å². The number of aromatic nitrogens is 3. The summed E-state index contributed by atoms with van der Waals surface area (Å²) in [6, 6.07) is 11.3. The molecule has 2 N–H and O–H groups in total. The molecule has 1 amide bonds. The van der Waals surface area contributed by atoms with Gasteiger partial charge in [-0.1, -0.05) is 23.8 Å². The molecular formula is C22H20N6O. The summed E-state index contributed by atoms with van der Waals surface area (Å²) in [6.45, 7) is 5.81. The monoisotopic (exact) mass is 384 g/mol. The van der Waals surface area contributed by atoms with Crippen LogP contribution in [0.1, 0.15) is 35.2 Å². The molecule has 1 aromatic carbocycles. The van der Waals surface area contributed by atoms with E-state index in [1.54, 1.807) is 17.1 Å². The lowest BCUT2D eigenvalue weighted by Crippen LogP contribution is -2.31. The van der Waals surface area contributed by atoms with Crippen LogP contribution in [0.15, 0.2) is 60.2 Å². The number of allylic oxidation sites excluding steroid dienone is 1. The second-order valence-electron chi connectivity index (χ2n) is 7.09. The first-order chi connectivity index (χ1) is 14.0. The predicted molar refractivity (Wildman–Crippen MR) is 110 cm³/mol. The van der Waals surface area contributed by atoms with Crippen LogP contribution in [0.5, 0.6) is 0 Å². The molecule has 144 valence electrons. The Morgan fingerprint density at radius 2 is 2.07 bits per heavy atom. The van der Waals surface area contributed by atoms with Crippen molar-refractivity contribution >= 4 is 17.4 Å². The van der Waals surface area contributed by atoms with Crippen LogP contribution in [-0.2, 0) is 4.79 Å². The summed E-state index contributed by atoms with van der Waals surface area (Å²) >= 11 is 0. The molecule has 7 heteroatoms. The van der Waals surface area contributed by atoms with Crippen LogP contribution in [-0.4, -0.2) is 20.7 Å². The Hall–Kier alpha value is -3.92. The molecule has 7 nitrogen and oxygen atoms in total. The molecule has 0 saturated heterocycles. The average Bonchev–Trinajstić information content (AvgIpc) is 3.12. The number of aryl methyl sites for hydroxylation is 2. The van der Waals surface area contributed by atoms with Crippen LogP contribution in [0.4, 0.5) is 11.5 Å². The number of anilines is 2. The molecule has 2 aromatic heterocycles. The van der Waals surface area contributed by atoms with Gasteiger partial charge in [0.1, 0.15) is 23.5 Å². The number of nitriles is 1. The molecule has 4 rings (SSSR count). The van der Waals surface area contributed by atoms with Crippen LogP contribution >= 0.6 is 0 Å². The van der Waals surface area contributed by atoms with Gasteiger partial charge in [-0.3, -0.25) is 9.78 Å². The third-order valence-electron chi connectivity index (χ3n) is 5.02. The van der Waals surface area contributed by atoms with E-state index in [0.717, 1.165) is 22.4 Å². The van der Waals surface area contributed by atoms with Crippen molar-refractivity contribution < 1.29 is 4.79 Å². The molecule has 1 atom stereocenters. The molecule has 0 radical (unpaired) electrons. The SMILES string of the molecule is CC1=C(C(=O)Nc2ccc(C)cc2C)[C@H](c2cccnc2)n2ncc(C#N)c2N1. The number of hydrogen-bond acceptors (Lipinski definition) is 5. The molecule has 3 heterocycles. The molecule has 0 bridgehead atoms. The summed E-state index contributed by atoms with van der Waals surface area (Å²) in [6.07, 6.45) is 4.90. The van der Waals surface area contributed by atoms with Gasteiger partial charge in [-0.2, -0.15) is 10.4 Å². The van der Waals surface area contributed by atoms with Gasteiger partial charge in [0.25, 0.3) is 5.91 Å². The molecule has 0 saturated carbocycles. The van der Waals surface area contributed by atoms with Crippen molar-refractivity contribution in [3.05, 3.63) is 82.4 Å². The average molecular weight is 384 g/mol. The number of carbonyl (C=O) groups is 1. The van der Waals surface area contributed by atoms with Crippen LogP contribution in [0.3, 0.4) is 0 Å². The summed E-state index contributed by atoms with van der Waals surface area (Å²) in [5.41, 5.74) is 5.32. The van der Waals surface area contributed by atoms with Crippen molar-refractivity contribution in [2.75, 3.05) is 10.6 Å². The van der Waals surface area contributed by atoms with Gasteiger partial charge in [0.05, 0.1) is 11.8 Å². The lowest BCUT2D eigenvalue weighted by molar-refractivity contribution is -0.113. The zero-order valence-electron chi connectivity index (χ0n) is 16.4. The van der Waals surface area contributed by atoms with E-state index in [9.17, 15) is 10.1 Å². The normalized spacial score (nSPS) is 15.3. The summed E-state index contributed by atoms with van der Waals surface area (Å²) in [7, 11) is 0. The molecule has 0 aliphatic carbocycles. The Kier molecular flexibility index (Phi) is 4.61. The first-order valence-corrected chi connectivity index (χ1v) is 9.23. The summed E-state index contributed by atoms with van der Waals surface area (Å²) < 4.78 is 1.67. The minimum Gasteiger partial charge on any atom is -0.343 e. The zero-order valence-corrected chi connectivity index (χ0v) is 16.4. The van der Waals surface area contributed by atoms with Gasteiger partial charge in [-0.25, -0.2) is 4.68 Å². The van der Waals surface area contributed by atoms with E-state index in [4.69, 9.17) is 0 Å². The maximum Gasteiger partial charge on any atom is 0.255 e. The van der Waals surface area contributed by atoms with E-state index in [0.29, 0.717) is 22.7 Å². The Morgan fingerprint density at radius 3 is 2.76 bits per heavy atom. The lowest BCUT2D eigenvalue weighted by atomic mass is 9.95. The van der Waals surface area contributed by atoms with E-state index < -0.39 is 6.04 Å². The number of fused-ring (bicyclic) bond motifs is 1. The Bertz CT molecular complexity index is 1170. The standard InChI is InChI=1S/C22H20N6O/c1-13-6-7-18(14(2)9-13)27-22(29)19-15(3)26-21-17(10-23)12-25-28(21)20(19)16-5-4-8-24-11-16/h4-9,11-12,20,26H,1-3H3,(H,27,29)/t20-/m0/s1. The van der Waals surface area contributed by atoms with E-state index in [2.05, 4.69) is 26.8 Å². The molecule has 0 spiro atoms. The minimum absolute atomic E-state index is 0.226. The van der Waals surface area contributed by atoms with Crippen molar-refractivity contribution in [1.29, 1.82) is 5.26 Å². The van der Waals surface area contributed by atoms with Gasteiger partial charge in [0.15, 0.2) is 0 Å². The number of carbonyl (C=O) groups excluding carboxylic acids is 1. The number of amides is 1. The van der Waals surface area contributed by atoms with Gasteiger partial charge < -0.3 is 10.6 Å². The van der Waals surface area contributed by atoms with Gasteiger partial charge >= 0.3 is 0 Å². The third kappa shape index (κ3) is 3.25. The fraction of sp³-hybridized carbons (Fsp3) is 0.182. The zero-order chi connectivity index (χ0) is 20.5. The van der Waals surface area contributed by atoms with Crippen molar-refractivity contribution in [3.8, 4) is 6.07 Å². The minimum atomic E-state index is -0.493. The molecule has 0 fully saturated rings. The predicted octanol–water partition coefficient (Wildman–Crippen LogP) is 3.69. The smallest absolute Gasteiger partial charge is 0.255 e. The quantitative estimate of drug-likeness (QED) is 0.718. The molecule has 1 aliphatic heterocycles. The number of hydrogen-bond donors (Lipinski definition) is 2. The highest BCUT2D eigenvalue weighted by Crippen LogP contribution is 2.37. The van der Waals surface area contributed by atoms with Crippen molar-refractivity contribution in [2.24, 2.45) is 0 Å². The molecular weight excluding hydrogens is 364 g/mol. The van der Waals surface area contributed by atoms with Crippen molar-refractivity contribution in [2.45, 2.75) is 26.8 Å². The molecule has 29 heavy (non-hydrogen) atoms. The number of rotatable bonds is 3. The van der Waals surface area contributed by atoms with Crippen LogP contribution in [0.25, 0.3) is 0 Å². The highest BCUT2D eigenvalue weighted by atomic mass is 16.1. The topological polar surface area (TPSA) is 95.6 Å². The first-order valence-electron chi connectivity index (χ1n) is 9.23. The Labute approximate surface area is 168 Å². The van der Waals surface area contributed by atoms with Gasteiger partial charge in [-0.15, -0.1) is 0 Å². The van der Waals surface area contributed by atoms with Crippen LogP contribution in [0.2, 0.25) is 0 Å². The third-order valence-corrected chi connectivity index (χ3v) is 5.02. The van der Waals surface area contributed by atoms with Gasteiger partial charge in [-0.05, 0) is 44.0 Å². The number of nitrogens with zero attached hydrogens (tertiary/aromatic N) is 4. The fourth-order valence-corrected chi connectivity index (χ4v) is 3.62. The fourth-order valence-electron chi connectivity index (χ4n) is 3.62. The van der Waals surface area contributed by atoms with Crippen LogP contribution in [0, 0.1) is 25.2 Å². The second kappa shape index (κ2) is 7.24. The number of nitrogens with one attached hydrogen (secondary N) is 2. The molecule has 3 aromatic rings. The van der Waals surface area contributed by atoms with Crippen molar-refractivity contribution in [3.63, 3.8) is 0 Å². The maximum absolute atomic E-state index is 13.3. The van der Waals surface area contributed by atoms with Crippen LogP contribution < -0.4 is 10.6 Å². The highest BCUT2D eigenvalue weighted by molar-refractivity contribution is 6.06. The largest absolute Gasteiger partial charge is 0.343 e. The van der Waals surface area contributed by atoms with Gasteiger partial charge in [0.2, 0.25) is 0 Å². The maximum atomic E-state index is 13.3. The number of pyridine rings is 1.